The highest BCUT2D eigenvalue weighted by Gasteiger charge is 2.22. The van der Waals surface area contributed by atoms with Crippen molar-refractivity contribution < 1.29 is 0 Å². The molecule has 2 heteroatoms. The summed E-state index contributed by atoms with van der Waals surface area (Å²) in [5.41, 5.74) is 0.579. The summed E-state index contributed by atoms with van der Waals surface area (Å²) in [6.45, 7) is 11.1. The van der Waals surface area contributed by atoms with E-state index in [4.69, 9.17) is 0 Å². The van der Waals surface area contributed by atoms with E-state index in [0.717, 1.165) is 0 Å². The van der Waals surface area contributed by atoms with E-state index in [1.807, 2.05) is 0 Å². The minimum atomic E-state index is 0.579. The smallest absolute Gasteiger partial charge is 0.00357 e. The normalized spacial score (nSPS) is 23.3. The molecule has 1 aliphatic rings. The van der Waals surface area contributed by atoms with Crippen molar-refractivity contribution in [2.45, 2.75) is 65.3 Å². The van der Waals surface area contributed by atoms with Gasteiger partial charge in [0.05, 0.1) is 0 Å². The van der Waals surface area contributed by atoms with Gasteiger partial charge in [0.2, 0.25) is 0 Å². The maximum Gasteiger partial charge on any atom is 0.00357 e. The molecule has 0 spiro atoms. The van der Waals surface area contributed by atoms with Gasteiger partial charge in [0.25, 0.3) is 0 Å². The van der Waals surface area contributed by atoms with Crippen molar-refractivity contribution in [1.82, 2.24) is 10.2 Å². The quantitative estimate of drug-likeness (QED) is 0.717. The van der Waals surface area contributed by atoms with Crippen LogP contribution >= 0.6 is 0 Å². The summed E-state index contributed by atoms with van der Waals surface area (Å²) in [5, 5.41) is 3.31. The molecule has 1 N–H and O–H groups in total. The Balaban J connectivity index is 2.11. The zero-order chi connectivity index (χ0) is 12.7. The summed E-state index contributed by atoms with van der Waals surface area (Å²) in [5.74, 6) is 0. The lowest BCUT2D eigenvalue weighted by molar-refractivity contribution is 0.256. The summed E-state index contributed by atoms with van der Waals surface area (Å²) in [7, 11) is 2.06. The maximum absolute atomic E-state index is 3.31. The molecule has 1 saturated heterocycles. The molecule has 102 valence electrons. The molecule has 1 aliphatic heterocycles. The Labute approximate surface area is 108 Å². The molecule has 0 saturated carbocycles. The van der Waals surface area contributed by atoms with Crippen LogP contribution in [-0.2, 0) is 0 Å². The third-order valence-electron chi connectivity index (χ3n) is 4.29. The van der Waals surface area contributed by atoms with Crippen LogP contribution < -0.4 is 5.32 Å². The van der Waals surface area contributed by atoms with Crippen LogP contribution in [0, 0.1) is 5.41 Å². The van der Waals surface area contributed by atoms with Crippen molar-refractivity contribution in [2.24, 2.45) is 5.41 Å². The average molecular weight is 240 g/mol. The van der Waals surface area contributed by atoms with Gasteiger partial charge in [-0.1, -0.05) is 20.3 Å². The molecule has 0 radical (unpaired) electrons. The number of nitrogens with one attached hydrogen (secondary N) is 1. The fourth-order valence-electron chi connectivity index (χ4n) is 2.63. The maximum atomic E-state index is 3.31. The van der Waals surface area contributed by atoms with Gasteiger partial charge in [0.15, 0.2) is 0 Å². The molecular formula is C15H32N2. The van der Waals surface area contributed by atoms with Gasteiger partial charge in [-0.25, -0.2) is 0 Å². The van der Waals surface area contributed by atoms with Crippen LogP contribution in [-0.4, -0.2) is 37.6 Å². The summed E-state index contributed by atoms with van der Waals surface area (Å²) in [4.78, 5) is 2.68. The van der Waals surface area contributed by atoms with E-state index in [-0.39, 0.29) is 0 Å². The SMILES string of the molecule is CNC(C)CCCCN1CCCC(C)(C)CC1. The number of nitrogens with zero attached hydrogens (tertiary/aromatic N) is 1. The predicted octanol–water partition coefficient (Wildman–Crippen LogP) is 3.28. The summed E-state index contributed by atoms with van der Waals surface area (Å²) < 4.78 is 0. The topological polar surface area (TPSA) is 15.3 Å². The molecule has 0 bridgehead atoms. The third kappa shape index (κ3) is 6.42. The molecule has 0 amide bonds. The van der Waals surface area contributed by atoms with E-state index >= 15 is 0 Å². The first-order chi connectivity index (χ1) is 8.03. The Bertz CT molecular complexity index is 201. The van der Waals surface area contributed by atoms with Crippen LogP contribution in [0.3, 0.4) is 0 Å². The Morgan fingerprint density at radius 2 is 1.94 bits per heavy atom. The van der Waals surface area contributed by atoms with E-state index in [1.165, 1.54) is 58.2 Å². The van der Waals surface area contributed by atoms with Crippen LogP contribution in [0.25, 0.3) is 0 Å². The lowest BCUT2D eigenvalue weighted by Gasteiger charge is -2.23. The van der Waals surface area contributed by atoms with Gasteiger partial charge >= 0.3 is 0 Å². The van der Waals surface area contributed by atoms with Gasteiger partial charge in [0.1, 0.15) is 0 Å². The van der Waals surface area contributed by atoms with Gasteiger partial charge in [0, 0.05) is 6.04 Å². The van der Waals surface area contributed by atoms with E-state index in [0.29, 0.717) is 11.5 Å². The average Bonchev–Trinajstić information content (AvgIpc) is 2.46. The highest BCUT2D eigenvalue weighted by molar-refractivity contribution is 4.76. The van der Waals surface area contributed by atoms with Crippen LogP contribution in [0.5, 0.6) is 0 Å². The van der Waals surface area contributed by atoms with E-state index in [2.05, 4.69) is 38.0 Å². The lowest BCUT2D eigenvalue weighted by Crippen LogP contribution is -2.27. The van der Waals surface area contributed by atoms with Gasteiger partial charge in [-0.05, 0) is 71.1 Å². The fourth-order valence-corrected chi connectivity index (χ4v) is 2.63. The van der Waals surface area contributed by atoms with Crippen molar-refractivity contribution in [3.8, 4) is 0 Å². The molecule has 0 aromatic rings. The Kier molecular flexibility index (Phi) is 6.50. The molecule has 1 rings (SSSR count). The number of hydrogen-bond donors (Lipinski definition) is 1. The minimum absolute atomic E-state index is 0.579. The van der Waals surface area contributed by atoms with Crippen molar-refractivity contribution in [2.75, 3.05) is 26.7 Å². The summed E-state index contributed by atoms with van der Waals surface area (Å²) in [6, 6.07) is 0.679. The van der Waals surface area contributed by atoms with Crippen molar-refractivity contribution in [3.63, 3.8) is 0 Å². The molecular weight excluding hydrogens is 208 g/mol. The third-order valence-corrected chi connectivity index (χ3v) is 4.29. The molecule has 0 aliphatic carbocycles. The Morgan fingerprint density at radius 3 is 2.65 bits per heavy atom. The highest BCUT2D eigenvalue weighted by atomic mass is 15.1. The first kappa shape index (κ1) is 15.0. The predicted molar refractivity (Wildman–Crippen MR) is 76.4 cm³/mol. The van der Waals surface area contributed by atoms with Crippen LogP contribution in [0.4, 0.5) is 0 Å². The number of likely N-dealkylation sites (tertiary alicyclic amines) is 1. The molecule has 2 nitrogen and oxygen atoms in total. The fraction of sp³-hybridized carbons (Fsp3) is 1.00. The van der Waals surface area contributed by atoms with E-state index in [1.54, 1.807) is 0 Å². The first-order valence-corrected chi connectivity index (χ1v) is 7.43. The van der Waals surface area contributed by atoms with Gasteiger partial charge in [-0.15, -0.1) is 0 Å². The zero-order valence-electron chi connectivity index (χ0n) is 12.4. The molecule has 1 unspecified atom stereocenters. The summed E-state index contributed by atoms with van der Waals surface area (Å²) in [6.07, 6.45) is 8.21. The van der Waals surface area contributed by atoms with Gasteiger partial charge in [-0.2, -0.15) is 0 Å². The molecule has 1 fully saturated rings. The van der Waals surface area contributed by atoms with Crippen LogP contribution in [0.15, 0.2) is 0 Å². The second-order valence-electron chi connectivity index (χ2n) is 6.54. The first-order valence-electron chi connectivity index (χ1n) is 7.43. The molecule has 0 aromatic heterocycles. The molecule has 1 atom stereocenters. The van der Waals surface area contributed by atoms with Crippen LogP contribution in [0.2, 0.25) is 0 Å². The van der Waals surface area contributed by atoms with Gasteiger partial charge < -0.3 is 10.2 Å². The molecule has 17 heavy (non-hydrogen) atoms. The summed E-state index contributed by atoms with van der Waals surface area (Å²) >= 11 is 0. The molecule has 1 heterocycles. The monoisotopic (exact) mass is 240 g/mol. The van der Waals surface area contributed by atoms with Gasteiger partial charge in [-0.3, -0.25) is 0 Å². The van der Waals surface area contributed by atoms with Crippen molar-refractivity contribution >= 4 is 0 Å². The second kappa shape index (κ2) is 7.38. The standard InChI is InChI=1S/C15H32N2/c1-14(16-4)8-5-6-11-17-12-7-9-15(2,3)10-13-17/h14,16H,5-13H2,1-4H3. The Hall–Kier alpha value is -0.0800. The van der Waals surface area contributed by atoms with Crippen molar-refractivity contribution in [3.05, 3.63) is 0 Å². The largest absolute Gasteiger partial charge is 0.317 e. The van der Waals surface area contributed by atoms with E-state index in [9.17, 15) is 0 Å². The highest BCUT2D eigenvalue weighted by Crippen LogP contribution is 2.29. The zero-order valence-corrected chi connectivity index (χ0v) is 12.4. The molecule has 0 aromatic carbocycles. The second-order valence-corrected chi connectivity index (χ2v) is 6.54. The minimum Gasteiger partial charge on any atom is -0.317 e. The Morgan fingerprint density at radius 1 is 1.18 bits per heavy atom. The number of rotatable bonds is 6. The lowest BCUT2D eigenvalue weighted by atomic mass is 9.85. The van der Waals surface area contributed by atoms with E-state index < -0.39 is 0 Å². The van der Waals surface area contributed by atoms with Crippen LogP contribution in [0.1, 0.15) is 59.3 Å². The van der Waals surface area contributed by atoms with Crippen molar-refractivity contribution in [1.29, 1.82) is 0 Å². The number of unbranched alkanes of at least 4 members (excludes halogenated alkanes) is 1. The number of hydrogen-bond acceptors (Lipinski definition) is 2.